The molecule has 0 bridgehead atoms. The molecule has 6 nitrogen and oxygen atoms in total. The number of thiazole rings is 1. The van der Waals surface area contributed by atoms with Gasteiger partial charge in [0.25, 0.3) is 0 Å². The van der Waals surface area contributed by atoms with Gasteiger partial charge in [-0.2, -0.15) is 0 Å². The summed E-state index contributed by atoms with van der Waals surface area (Å²) in [5, 5.41) is 11.7. The number of benzene rings is 1. The van der Waals surface area contributed by atoms with Crippen molar-refractivity contribution in [2.24, 2.45) is 5.41 Å². The Kier molecular flexibility index (Phi) is 4.74. The van der Waals surface area contributed by atoms with E-state index >= 15 is 0 Å². The van der Waals surface area contributed by atoms with Crippen LogP contribution in [-0.2, 0) is 6.54 Å². The lowest BCUT2D eigenvalue weighted by Gasteiger charge is -2.49. The average Bonchev–Trinajstić information content (AvgIpc) is 3.12. The molecule has 2 aliphatic rings. The van der Waals surface area contributed by atoms with E-state index in [0.717, 1.165) is 56.8 Å². The van der Waals surface area contributed by atoms with Crippen LogP contribution in [0.1, 0.15) is 24.3 Å². The summed E-state index contributed by atoms with van der Waals surface area (Å²) in [7, 11) is 0. The molecule has 2 saturated heterocycles. The number of β-amino-alcohol motifs (C(OH)–C–C–N with tert-alkyl or cyclic N) is 1. The molecule has 3 aromatic rings. The van der Waals surface area contributed by atoms with Gasteiger partial charge < -0.3 is 10.0 Å². The number of hydrogen-bond donors (Lipinski definition) is 1. The van der Waals surface area contributed by atoms with Crippen LogP contribution in [0.2, 0.25) is 0 Å². The third-order valence-corrected chi connectivity index (χ3v) is 7.13. The van der Waals surface area contributed by atoms with Crippen molar-refractivity contribution in [3.8, 4) is 0 Å². The van der Waals surface area contributed by atoms with Gasteiger partial charge in [-0.15, -0.1) is 11.3 Å². The molecule has 0 aliphatic carbocycles. The van der Waals surface area contributed by atoms with Gasteiger partial charge in [0.15, 0.2) is 0 Å². The first-order chi connectivity index (χ1) is 13.7. The van der Waals surface area contributed by atoms with E-state index < -0.39 is 0 Å². The lowest BCUT2D eigenvalue weighted by molar-refractivity contribution is 0.0244. The summed E-state index contributed by atoms with van der Waals surface area (Å²) in [6, 6.07) is 8.36. The summed E-state index contributed by atoms with van der Waals surface area (Å²) >= 11 is 1.80. The quantitative estimate of drug-likeness (QED) is 0.736. The fourth-order valence-electron chi connectivity index (χ4n) is 4.71. The minimum absolute atomic E-state index is 0.166. The lowest BCUT2D eigenvalue weighted by Crippen LogP contribution is -2.54. The van der Waals surface area contributed by atoms with E-state index in [0.29, 0.717) is 6.54 Å². The van der Waals surface area contributed by atoms with Gasteiger partial charge in [0.1, 0.15) is 10.8 Å². The molecule has 7 heteroatoms. The highest BCUT2D eigenvalue weighted by molar-refractivity contribution is 7.18. The molecule has 1 spiro atoms. The molecule has 1 aromatic carbocycles. The smallest absolute Gasteiger partial charge is 0.147 e. The average molecular weight is 396 g/mol. The summed E-state index contributed by atoms with van der Waals surface area (Å²) in [4.78, 5) is 18.1. The number of hydrogen-bond acceptors (Lipinski definition) is 7. The van der Waals surface area contributed by atoms with Crippen LogP contribution in [0.25, 0.3) is 10.2 Å². The first kappa shape index (κ1) is 18.0. The third kappa shape index (κ3) is 3.62. The summed E-state index contributed by atoms with van der Waals surface area (Å²) < 4.78 is 1.26. The number of rotatable bonds is 3. The number of aliphatic hydroxyl groups is 1. The summed E-state index contributed by atoms with van der Waals surface area (Å²) in [5.74, 6) is 0.873. The Morgan fingerprint density at radius 2 is 2.04 bits per heavy atom. The van der Waals surface area contributed by atoms with Gasteiger partial charge >= 0.3 is 0 Å². The van der Waals surface area contributed by atoms with E-state index in [1.807, 2.05) is 6.07 Å². The molecule has 1 N–H and O–H groups in total. The molecule has 5 rings (SSSR count). The van der Waals surface area contributed by atoms with Gasteiger partial charge in [0.2, 0.25) is 0 Å². The molecule has 146 valence electrons. The van der Waals surface area contributed by atoms with Crippen molar-refractivity contribution in [3.05, 3.63) is 47.9 Å². The van der Waals surface area contributed by atoms with Crippen LogP contribution in [0.3, 0.4) is 0 Å². The first-order valence-corrected chi connectivity index (χ1v) is 10.8. The van der Waals surface area contributed by atoms with Gasteiger partial charge in [-0.1, -0.05) is 12.1 Å². The summed E-state index contributed by atoms with van der Waals surface area (Å²) in [6.07, 6.45) is 8.01. The Labute approximate surface area is 168 Å². The number of likely N-dealkylation sites (tertiary alicyclic amines) is 1. The fourth-order valence-corrected chi connectivity index (χ4v) is 5.72. The molecule has 2 aromatic heterocycles. The molecule has 28 heavy (non-hydrogen) atoms. The van der Waals surface area contributed by atoms with Crippen molar-refractivity contribution in [2.45, 2.75) is 31.9 Å². The Bertz CT molecular complexity index is 905. The number of para-hydroxylation sites is 1. The van der Waals surface area contributed by atoms with Gasteiger partial charge in [-0.05, 0) is 49.9 Å². The van der Waals surface area contributed by atoms with Crippen LogP contribution in [0.5, 0.6) is 0 Å². The van der Waals surface area contributed by atoms with E-state index in [-0.39, 0.29) is 11.5 Å². The van der Waals surface area contributed by atoms with Crippen molar-refractivity contribution in [3.63, 3.8) is 0 Å². The number of aliphatic hydroxyl groups excluding tert-OH is 1. The molecule has 2 fully saturated rings. The zero-order valence-corrected chi connectivity index (χ0v) is 16.7. The Hall–Kier alpha value is -2.09. The zero-order valence-electron chi connectivity index (χ0n) is 15.9. The van der Waals surface area contributed by atoms with Crippen LogP contribution < -0.4 is 4.90 Å². The third-order valence-electron chi connectivity index (χ3n) is 6.11. The monoisotopic (exact) mass is 395 g/mol. The topological polar surface area (TPSA) is 65.4 Å². The van der Waals surface area contributed by atoms with Crippen LogP contribution in [0.4, 0.5) is 5.82 Å². The highest BCUT2D eigenvalue weighted by Gasteiger charge is 2.42. The lowest BCUT2D eigenvalue weighted by atomic mass is 9.71. The molecular weight excluding hydrogens is 370 g/mol. The maximum atomic E-state index is 10.5. The fraction of sp³-hybridized carbons (Fsp3) is 0.476. The number of nitrogens with zero attached hydrogens (tertiary/aromatic N) is 5. The first-order valence-electron chi connectivity index (χ1n) is 9.95. The maximum Gasteiger partial charge on any atom is 0.147 e. The molecule has 2 aliphatic heterocycles. The normalized spacial score (nSPS) is 22.8. The maximum absolute atomic E-state index is 10.5. The number of anilines is 1. The molecular formula is C21H25N5OS. The predicted molar refractivity (Wildman–Crippen MR) is 111 cm³/mol. The second-order valence-corrected chi connectivity index (χ2v) is 9.27. The Morgan fingerprint density at radius 1 is 1.18 bits per heavy atom. The second-order valence-electron chi connectivity index (χ2n) is 8.15. The van der Waals surface area contributed by atoms with Gasteiger partial charge in [-0.25, -0.2) is 9.97 Å². The molecule has 0 radical (unpaired) electrons. The van der Waals surface area contributed by atoms with Crippen LogP contribution >= 0.6 is 11.3 Å². The molecule has 0 saturated carbocycles. The molecule has 4 heterocycles. The van der Waals surface area contributed by atoms with Crippen LogP contribution in [0, 0.1) is 5.41 Å². The number of aromatic nitrogens is 3. The molecule has 1 atom stereocenters. The highest BCUT2D eigenvalue weighted by atomic mass is 32.1. The van der Waals surface area contributed by atoms with Crippen molar-refractivity contribution in [1.82, 2.24) is 19.9 Å². The molecule has 1 unspecified atom stereocenters. The van der Waals surface area contributed by atoms with E-state index in [4.69, 9.17) is 4.98 Å². The second kappa shape index (κ2) is 7.39. The van der Waals surface area contributed by atoms with Crippen molar-refractivity contribution in [2.75, 3.05) is 31.1 Å². The zero-order chi connectivity index (χ0) is 19.0. The standard InChI is InChI=1S/C21H25N5OS/c27-16-11-21(15-26(13-16)19-12-22-7-8-23-19)5-9-25(10-6-21)14-20-24-17-3-1-2-4-18(17)28-20/h1-4,7-8,12,16,27H,5-6,9-11,13-15H2. The van der Waals surface area contributed by atoms with E-state index in [1.165, 1.54) is 9.71 Å². The highest BCUT2D eigenvalue weighted by Crippen LogP contribution is 2.41. The minimum atomic E-state index is -0.299. The van der Waals surface area contributed by atoms with E-state index in [2.05, 4.69) is 38.0 Å². The summed E-state index contributed by atoms with van der Waals surface area (Å²) in [5.41, 5.74) is 1.27. The predicted octanol–water partition coefficient (Wildman–Crippen LogP) is 2.94. The van der Waals surface area contributed by atoms with Crippen LogP contribution in [0.15, 0.2) is 42.9 Å². The summed E-state index contributed by atoms with van der Waals surface area (Å²) in [6.45, 7) is 4.63. The number of fused-ring (bicyclic) bond motifs is 1. The van der Waals surface area contributed by atoms with Gasteiger partial charge in [-0.3, -0.25) is 9.88 Å². The van der Waals surface area contributed by atoms with Crippen LogP contribution in [-0.4, -0.2) is 57.2 Å². The van der Waals surface area contributed by atoms with Gasteiger partial charge in [0, 0.05) is 25.5 Å². The van der Waals surface area contributed by atoms with Gasteiger partial charge in [0.05, 0.1) is 29.1 Å². The number of piperidine rings is 2. The SMILES string of the molecule is OC1CN(c2cnccn2)CC2(CCN(Cc3nc4ccccc4s3)CC2)C1. The Morgan fingerprint density at radius 3 is 2.82 bits per heavy atom. The molecule has 0 amide bonds. The minimum Gasteiger partial charge on any atom is -0.391 e. The van der Waals surface area contributed by atoms with Crippen molar-refractivity contribution >= 4 is 27.4 Å². The largest absolute Gasteiger partial charge is 0.391 e. The van der Waals surface area contributed by atoms with Crippen molar-refractivity contribution < 1.29 is 5.11 Å². The van der Waals surface area contributed by atoms with E-state index in [1.54, 1.807) is 29.9 Å². The van der Waals surface area contributed by atoms with E-state index in [9.17, 15) is 5.11 Å². The Balaban J connectivity index is 1.25. The van der Waals surface area contributed by atoms with Crippen molar-refractivity contribution in [1.29, 1.82) is 0 Å².